The molecule has 7 nitrogen and oxygen atoms in total. The molecular weight excluding hydrogens is 482 g/mol. The number of fused-ring (bicyclic) bond motifs is 1. The summed E-state index contributed by atoms with van der Waals surface area (Å²) in [7, 11) is 0. The fraction of sp³-hybridized carbons (Fsp3) is 0.241. The monoisotopic (exact) mass is 511 g/mol. The second-order valence-electron chi connectivity index (χ2n) is 9.47. The Morgan fingerprint density at radius 2 is 1.81 bits per heavy atom. The van der Waals surface area contributed by atoms with Crippen molar-refractivity contribution in [3.63, 3.8) is 0 Å². The number of amides is 1. The second-order valence-corrected chi connectivity index (χ2v) is 10.3. The first-order valence-electron chi connectivity index (χ1n) is 12.2. The summed E-state index contributed by atoms with van der Waals surface area (Å²) in [6.45, 7) is 9.85. The van der Waals surface area contributed by atoms with E-state index in [0.29, 0.717) is 27.6 Å². The van der Waals surface area contributed by atoms with Crippen molar-refractivity contribution in [1.82, 2.24) is 24.5 Å². The molecule has 1 unspecified atom stereocenters. The Labute approximate surface area is 219 Å². The summed E-state index contributed by atoms with van der Waals surface area (Å²) >= 11 is 1.36. The van der Waals surface area contributed by atoms with Crippen LogP contribution in [0.3, 0.4) is 0 Å². The summed E-state index contributed by atoms with van der Waals surface area (Å²) in [6, 6.07) is 17.8. The standard InChI is InChI=1S/C29H29N5O2S/c1-17-11-12-18(2)25(13-17)34-19(3)14-24(32-34)27-21(5)31-29-33(28(27)36)23(16-37-29)15-26(35)30-20(4)22-9-7-6-8-10-22/h6-14,16,20H,15H2,1-5H3,(H,30,35). The Kier molecular flexibility index (Phi) is 6.52. The Bertz CT molecular complexity index is 1680. The zero-order valence-corrected chi connectivity index (χ0v) is 22.4. The third kappa shape index (κ3) is 4.72. The third-order valence-electron chi connectivity index (χ3n) is 6.58. The van der Waals surface area contributed by atoms with Gasteiger partial charge in [0.2, 0.25) is 5.91 Å². The number of thiazole rings is 1. The predicted molar refractivity (Wildman–Crippen MR) is 148 cm³/mol. The van der Waals surface area contributed by atoms with Crippen LogP contribution in [0.2, 0.25) is 0 Å². The molecule has 3 heterocycles. The molecule has 0 fully saturated rings. The molecule has 1 amide bonds. The van der Waals surface area contributed by atoms with Crippen molar-refractivity contribution in [3.8, 4) is 16.9 Å². The molecule has 0 aliphatic rings. The van der Waals surface area contributed by atoms with Crippen LogP contribution in [0.15, 0.2) is 64.8 Å². The van der Waals surface area contributed by atoms with Crippen LogP contribution in [0.4, 0.5) is 0 Å². The number of hydrogen-bond acceptors (Lipinski definition) is 5. The normalized spacial score (nSPS) is 12.1. The van der Waals surface area contributed by atoms with E-state index < -0.39 is 0 Å². The molecule has 2 aromatic carbocycles. The SMILES string of the molecule is Cc1ccc(C)c(-n2nc(-c3c(C)nc4scc(CC(=O)NC(C)c5ccccc5)n4c3=O)cc2C)c1. The van der Waals surface area contributed by atoms with Gasteiger partial charge >= 0.3 is 0 Å². The molecule has 0 radical (unpaired) electrons. The van der Waals surface area contributed by atoms with Gasteiger partial charge in [0.05, 0.1) is 29.4 Å². The molecular formula is C29H29N5O2S. The Morgan fingerprint density at radius 3 is 2.57 bits per heavy atom. The first-order chi connectivity index (χ1) is 17.7. The highest BCUT2D eigenvalue weighted by Gasteiger charge is 2.21. The number of hydrogen-bond donors (Lipinski definition) is 1. The van der Waals surface area contributed by atoms with Gasteiger partial charge in [0.1, 0.15) is 5.69 Å². The molecule has 0 bridgehead atoms. The van der Waals surface area contributed by atoms with E-state index in [0.717, 1.165) is 28.1 Å². The summed E-state index contributed by atoms with van der Waals surface area (Å²) in [5, 5.41) is 9.68. The Balaban J connectivity index is 1.50. The molecule has 0 aliphatic carbocycles. The number of carbonyl (C=O) groups excluding carboxylic acids is 1. The number of rotatable bonds is 6. The van der Waals surface area contributed by atoms with Crippen LogP contribution in [0.25, 0.3) is 21.9 Å². The lowest BCUT2D eigenvalue weighted by Crippen LogP contribution is -2.29. The lowest BCUT2D eigenvalue weighted by atomic mass is 10.1. The highest BCUT2D eigenvalue weighted by Crippen LogP contribution is 2.25. The molecule has 5 rings (SSSR count). The van der Waals surface area contributed by atoms with Crippen LogP contribution >= 0.6 is 11.3 Å². The molecule has 0 spiro atoms. The van der Waals surface area contributed by atoms with E-state index in [1.54, 1.807) is 4.40 Å². The fourth-order valence-corrected chi connectivity index (χ4v) is 5.52. The van der Waals surface area contributed by atoms with Crippen LogP contribution in [0.5, 0.6) is 0 Å². The zero-order valence-electron chi connectivity index (χ0n) is 21.6. The molecule has 0 aliphatic heterocycles. The minimum absolute atomic E-state index is 0.0806. The molecule has 37 heavy (non-hydrogen) atoms. The van der Waals surface area contributed by atoms with Gasteiger partial charge in [-0.05, 0) is 63.4 Å². The topological polar surface area (TPSA) is 81.3 Å². The van der Waals surface area contributed by atoms with Gasteiger partial charge in [-0.2, -0.15) is 5.10 Å². The number of nitrogens with one attached hydrogen (secondary N) is 1. The maximum Gasteiger partial charge on any atom is 0.268 e. The molecule has 188 valence electrons. The average molecular weight is 512 g/mol. The van der Waals surface area contributed by atoms with Crippen molar-refractivity contribution >= 4 is 22.2 Å². The summed E-state index contributed by atoms with van der Waals surface area (Å²) < 4.78 is 3.42. The van der Waals surface area contributed by atoms with Crippen LogP contribution in [0.1, 0.15) is 46.7 Å². The van der Waals surface area contributed by atoms with Crippen molar-refractivity contribution < 1.29 is 4.79 Å². The van der Waals surface area contributed by atoms with Crippen molar-refractivity contribution in [2.24, 2.45) is 0 Å². The lowest BCUT2D eigenvalue weighted by Gasteiger charge is -2.14. The molecule has 5 aromatic rings. The van der Waals surface area contributed by atoms with Gasteiger partial charge in [0, 0.05) is 16.8 Å². The summed E-state index contributed by atoms with van der Waals surface area (Å²) in [4.78, 5) is 31.9. The Hall–Kier alpha value is -4.04. The maximum absolute atomic E-state index is 13.8. The van der Waals surface area contributed by atoms with E-state index in [1.165, 1.54) is 11.3 Å². The average Bonchev–Trinajstić information content (AvgIpc) is 3.44. The Morgan fingerprint density at radius 1 is 1.05 bits per heavy atom. The van der Waals surface area contributed by atoms with E-state index in [4.69, 9.17) is 10.1 Å². The first kappa shape index (κ1) is 24.6. The molecule has 1 N–H and O–H groups in total. The van der Waals surface area contributed by atoms with Gasteiger partial charge in [-0.1, -0.05) is 42.5 Å². The zero-order chi connectivity index (χ0) is 26.3. The van der Waals surface area contributed by atoms with Gasteiger partial charge in [-0.25, -0.2) is 9.67 Å². The van der Waals surface area contributed by atoms with Crippen molar-refractivity contribution in [2.75, 3.05) is 0 Å². The third-order valence-corrected chi connectivity index (χ3v) is 7.45. The van der Waals surface area contributed by atoms with E-state index in [2.05, 4.69) is 23.5 Å². The molecule has 8 heteroatoms. The van der Waals surface area contributed by atoms with Crippen LogP contribution < -0.4 is 10.9 Å². The van der Waals surface area contributed by atoms with Gasteiger partial charge in [0.15, 0.2) is 4.96 Å². The smallest absolute Gasteiger partial charge is 0.268 e. The van der Waals surface area contributed by atoms with Crippen molar-refractivity contribution in [3.05, 3.63) is 104 Å². The van der Waals surface area contributed by atoms with Crippen LogP contribution in [-0.4, -0.2) is 25.1 Å². The van der Waals surface area contributed by atoms with Crippen molar-refractivity contribution in [1.29, 1.82) is 0 Å². The van der Waals surface area contributed by atoms with Crippen molar-refractivity contribution in [2.45, 2.75) is 47.1 Å². The van der Waals surface area contributed by atoms with Gasteiger partial charge in [-0.3, -0.25) is 14.0 Å². The van der Waals surface area contributed by atoms with E-state index >= 15 is 0 Å². The summed E-state index contributed by atoms with van der Waals surface area (Å²) in [5.41, 5.74) is 7.20. The molecule has 3 aromatic heterocycles. The second kappa shape index (κ2) is 9.78. The predicted octanol–water partition coefficient (Wildman–Crippen LogP) is 5.26. The van der Waals surface area contributed by atoms with E-state index in [1.807, 2.05) is 81.1 Å². The molecule has 1 atom stereocenters. The van der Waals surface area contributed by atoms with E-state index in [9.17, 15) is 9.59 Å². The van der Waals surface area contributed by atoms with Gasteiger partial charge in [0.25, 0.3) is 5.56 Å². The number of benzene rings is 2. The molecule has 0 saturated heterocycles. The lowest BCUT2D eigenvalue weighted by molar-refractivity contribution is -0.121. The number of aryl methyl sites for hydroxylation is 4. The quantitative estimate of drug-likeness (QED) is 0.337. The highest BCUT2D eigenvalue weighted by atomic mass is 32.1. The number of nitrogens with zero attached hydrogens (tertiary/aromatic N) is 4. The summed E-state index contributed by atoms with van der Waals surface area (Å²) in [6.07, 6.45) is 0.0806. The van der Waals surface area contributed by atoms with Gasteiger partial charge < -0.3 is 5.32 Å². The van der Waals surface area contributed by atoms with E-state index in [-0.39, 0.29) is 23.9 Å². The summed E-state index contributed by atoms with van der Waals surface area (Å²) in [5.74, 6) is -0.153. The highest BCUT2D eigenvalue weighted by molar-refractivity contribution is 7.15. The first-order valence-corrected chi connectivity index (χ1v) is 13.1. The molecule has 0 saturated carbocycles. The number of aromatic nitrogens is 4. The minimum Gasteiger partial charge on any atom is -0.349 e. The van der Waals surface area contributed by atoms with Gasteiger partial charge in [-0.15, -0.1) is 11.3 Å². The van der Waals surface area contributed by atoms with Crippen LogP contribution in [0, 0.1) is 27.7 Å². The van der Waals surface area contributed by atoms with Crippen LogP contribution in [-0.2, 0) is 11.2 Å². The fourth-order valence-electron chi connectivity index (χ4n) is 4.59. The number of carbonyl (C=O) groups is 1. The maximum atomic E-state index is 13.8. The minimum atomic E-state index is -0.215. The largest absolute Gasteiger partial charge is 0.349 e.